The van der Waals surface area contributed by atoms with Crippen LogP contribution in [0.3, 0.4) is 0 Å². The van der Waals surface area contributed by atoms with Crippen LogP contribution in [0.25, 0.3) is 22.0 Å². The maximum absolute atomic E-state index is 13.3. The zero-order chi connectivity index (χ0) is 25.9. The third-order valence-corrected chi connectivity index (χ3v) is 7.25. The molecule has 0 radical (unpaired) electrons. The minimum atomic E-state index is -3.61. The molecular formula is C22H21FN6O4S3. The number of rotatable bonds is 9. The molecule has 0 aliphatic rings. The highest BCUT2D eigenvalue weighted by molar-refractivity contribution is 8.00. The summed E-state index contributed by atoms with van der Waals surface area (Å²) in [4.78, 5) is 12.8. The van der Waals surface area contributed by atoms with Crippen molar-refractivity contribution in [3.8, 4) is 27.7 Å². The Bertz CT molecular complexity index is 1470. The fourth-order valence-corrected chi connectivity index (χ4v) is 5.24. The number of halogens is 1. The van der Waals surface area contributed by atoms with Gasteiger partial charge in [0.05, 0.1) is 11.5 Å². The standard InChI is InChI=1S/C22H21FN6O4S3/c1-4-29-18(14-5-9-16(23)10-6-14)25-28-22(29)34-13(2)19(30)24-21-27-26-20(35-21)15-7-11-17(12-8-15)33-36(3,31)32/h5-13H,4H2,1-3H3,(H,24,27,30). The Kier molecular flexibility index (Phi) is 7.66. The molecule has 1 atom stereocenters. The Morgan fingerprint density at radius 2 is 1.75 bits per heavy atom. The van der Waals surface area contributed by atoms with Crippen LogP contribution in [0.4, 0.5) is 9.52 Å². The lowest BCUT2D eigenvalue weighted by Gasteiger charge is -2.11. The van der Waals surface area contributed by atoms with Gasteiger partial charge in [0, 0.05) is 17.7 Å². The number of thioether (sulfide) groups is 1. The minimum absolute atomic E-state index is 0.188. The average molecular weight is 549 g/mol. The van der Waals surface area contributed by atoms with Crippen molar-refractivity contribution in [2.24, 2.45) is 0 Å². The van der Waals surface area contributed by atoms with Gasteiger partial charge in [0.1, 0.15) is 16.6 Å². The predicted molar refractivity (Wildman–Crippen MR) is 136 cm³/mol. The molecule has 0 saturated heterocycles. The summed E-state index contributed by atoms with van der Waals surface area (Å²) in [5, 5.41) is 20.2. The van der Waals surface area contributed by atoms with Crippen molar-refractivity contribution < 1.29 is 21.8 Å². The molecule has 1 unspecified atom stereocenters. The highest BCUT2D eigenvalue weighted by atomic mass is 32.2. The van der Waals surface area contributed by atoms with Gasteiger partial charge in [-0.1, -0.05) is 23.1 Å². The predicted octanol–water partition coefficient (Wildman–Crippen LogP) is 4.08. The molecule has 0 bridgehead atoms. The highest BCUT2D eigenvalue weighted by Gasteiger charge is 2.21. The number of anilines is 1. The van der Waals surface area contributed by atoms with E-state index in [1.165, 1.54) is 47.4 Å². The lowest BCUT2D eigenvalue weighted by Crippen LogP contribution is -2.22. The van der Waals surface area contributed by atoms with Crippen LogP contribution in [0, 0.1) is 5.82 Å². The van der Waals surface area contributed by atoms with Gasteiger partial charge in [-0.25, -0.2) is 4.39 Å². The van der Waals surface area contributed by atoms with Gasteiger partial charge in [-0.05, 0) is 62.4 Å². The van der Waals surface area contributed by atoms with E-state index in [9.17, 15) is 17.6 Å². The normalized spacial score (nSPS) is 12.3. The number of hydrogen-bond donors (Lipinski definition) is 1. The maximum atomic E-state index is 13.3. The van der Waals surface area contributed by atoms with Crippen LogP contribution in [0.15, 0.2) is 53.7 Å². The Balaban J connectivity index is 1.41. The van der Waals surface area contributed by atoms with Gasteiger partial charge in [0.25, 0.3) is 0 Å². The molecule has 188 valence electrons. The van der Waals surface area contributed by atoms with Crippen LogP contribution in [-0.2, 0) is 21.5 Å². The van der Waals surface area contributed by atoms with Crippen LogP contribution < -0.4 is 9.50 Å². The molecule has 2 heterocycles. The van der Waals surface area contributed by atoms with Crippen molar-refractivity contribution in [3.63, 3.8) is 0 Å². The summed E-state index contributed by atoms with van der Waals surface area (Å²) in [6.45, 7) is 4.26. The fourth-order valence-electron chi connectivity index (χ4n) is 3.11. The SMILES string of the molecule is CCn1c(SC(C)C(=O)Nc2nnc(-c3ccc(OS(C)(=O)=O)cc3)s2)nnc1-c1ccc(F)cc1. The first-order chi connectivity index (χ1) is 17.1. The molecule has 0 spiro atoms. The molecule has 2 aromatic heterocycles. The second kappa shape index (κ2) is 10.7. The third-order valence-electron chi connectivity index (χ3n) is 4.79. The molecule has 1 amide bonds. The number of carbonyl (C=O) groups excluding carboxylic acids is 1. The fraction of sp³-hybridized carbons (Fsp3) is 0.227. The molecule has 0 aliphatic heterocycles. The molecule has 0 saturated carbocycles. The summed E-state index contributed by atoms with van der Waals surface area (Å²) in [5.74, 6) is 0.162. The van der Waals surface area contributed by atoms with Crippen molar-refractivity contribution in [1.82, 2.24) is 25.0 Å². The van der Waals surface area contributed by atoms with Crippen LogP contribution >= 0.6 is 23.1 Å². The van der Waals surface area contributed by atoms with Crippen LogP contribution in [-0.4, -0.2) is 50.8 Å². The number of aromatic nitrogens is 5. The summed E-state index contributed by atoms with van der Waals surface area (Å²) >= 11 is 2.43. The summed E-state index contributed by atoms with van der Waals surface area (Å²) in [6, 6.07) is 12.3. The molecule has 36 heavy (non-hydrogen) atoms. The molecule has 0 fully saturated rings. The zero-order valence-corrected chi connectivity index (χ0v) is 21.8. The van der Waals surface area contributed by atoms with E-state index in [1.54, 1.807) is 31.2 Å². The molecule has 10 nitrogen and oxygen atoms in total. The van der Waals surface area contributed by atoms with E-state index >= 15 is 0 Å². The third kappa shape index (κ3) is 6.25. The van der Waals surface area contributed by atoms with E-state index in [0.717, 1.165) is 11.8 Å². The van der Waals surface area contributed by atoms with Crippen LogP contribution in [0.1, 0.15) is 13.8 Å². The maximum Gasteiger partial charge on any atom is 0.306 e. The quantitative estimate of drug-likeness (QED) is 0.243. The van der Waals surface area contributed by atoms with Crippen LogP contribution in [0.5, 0.6) is 5.75 Å². The van der Waals surface area contributed by atoms with Gasteiger partial charge in [-0.2, -0.15) is 8.42 Å². The Labute approximate surface area is 215 Å². The van der Waals surface area contributed by atoms with E-state index in [-0.39, 0.29) is 17.5 Å². The number of amides is 1. The number of benzene rings is 2. The van der Waals surface area contributed by atoms with Crippen molar-refractivity contribution in [1.29, 1.82) is 0 Å². The Hall–Kier alpha value is -3.36. The van der Waals surface area contributed by atoms with Gasteiger partial charge in [0.15, 0.2) is 11.0 Å². The summed E-state index contributed by atoms with van der Waals surface area (Å²) in [5.41, 5.74) is 1.42. The molecule has 14 heteroatoms. The number of carbonyl (C=O) groups is 1. The van der Waals surface area contributed by atoms with E-state index < -0.39 is 15.4 Å². The molecule has 0 aliphatic carbocycles. The second-order valence-electron chi connectivity index (χ2n) is 7.53. The molecular weight excluding hydrogens is 527 g/mol. The summed E-state index contributed by atoms with van der Waals surface area (Å²) < 4.78 is 42.4. The van der Waals surface area contributed by atoms with E-state index in [4.69, 9.17) is 4.18 Å². The van der Waals surface area contributed by atoms with Gasteiger partial charge in [0.2, 0.25) is 11.0 Å². The zero-order valence-electron chi connectivity index (χ0n) is 19.4. The largest absolute Gasteiger partial charge is 0.383 e. The number of hydrogen-bond acceptors (Lipinski definition) is 10. The first kappa shape index (κ1) is 25.7. The first-order valence-corrected chi connectivity index (χ1v) is 14.1. The van der Waals surface area contributed by atoms with Gasteiger partial charge in [-0.3, -0.25) is 10.1 Å². The van der Waals surface area contributed by atoms with Crippen molar-refractivity contribution >= 4 is 44.3 Å². The summed E-state index contributed by atoms with van der Waals surface area (Å²) in [7, 11) is -3.61. The van der Waals surface area contributed by atoms with E-state index in [2.05, 4.69) is 25.7 Å². The van der Waals surface area contributed by atoms with Gasteiger partial charge < -0.3 is 8.75 Å². The number of nitrogens with one attached hydrogen (secondary N) is 1. The monoisotopic (exact) mass is 548 g/mol. The van der Waals surface area contributed by atoms with Crippen LogP contribution in [0.2, 0.25) is 0 Å². The van der Waals surface area contributed by atoms with E-state index in [0.29, 0.717) is 33.2 Å². The molecule has 4 rings (SSSR count). The van der Waals surface area contributed by atoms with E-state index in [1.807, 2.05) is 11.5 Å². The molecule has 1 N–H and O–H groups in total. The molecule has 2 aromatic carbocycles. The van der Waals surface area contributed by atoms with Crippen molar-refractivity contribution in [2.45, 2.75) is 30.8 Å². The Morgan fingerprint density at radius 1 is 1.08 bits per heavy atom. The van der Waals surface area contributed by atoms with Crippen molar-refractivity contribution in [2.75, 3.05) is 11.6 Å². The Morgan fingerprint density at radius 3 is 2.39 bits per heavy atom. The smallest absolute Gasteiger partial charge is 0.306 e. The average Bonchev–Trinajstić information content (AvgIpc) is 3.46. The first-order valence-electron chi connectivity index (χ1n) is 10.6. The number of nitrogens with zero attached hydrogens (tertiary/aromatic N) is 5. The summed E-state index contributed by atoms with van der Waals surface area (Å²) in [6.07, 6.45) is 0.969. The lowest BCUT2D eigenvalue weighted by atomic mass is 10.2. The van der Waals surface area contributed by atoms with Gasteiger partial charge in [-0.15, -0.1) is 20.4 Å². The van der Waals surface area contributed by atoms with Gasteiger partial charge >= 0.3 is 10.1 Å². The van der Waals surface area contributed by atoms with Crippen molar-refractivity contribution in [3.05, 3.63) is 54.3 Å². The topological polar surface area (TPSA) is 129 Å². The molecule has 4 aromatic rings. The minimum Gasteiger partial charge on any atom is -0.383 e. The second-order valence-corrected chi connectivity index (χ2v) is 11.4. The lowest BCUT2D eigenvalue weighted by molar-refractivity contribution is -0.115. The highest BCUT2D eigenvalue weighted by Crippen LogP contribution is 2.30.